The predicted molar refractivity (Wildman–Crippen MR) is 119 cm³/mol. The van der Waals surface area contributed by atoms with E-state index in [-0.39, 0.29) is 41.9 Å². The van der Waals surface area contributed by atoms with Crippen LogP contribution < -0.4 is 0 Å². The number of esters is 1. The molecule has 174 valence electrons. The first-order valence-electron chi connectivity index (χ1n) is 12.3. The Morgan fingerprint density at radius 3 is 2.23 bits per heavy atom. The number of hydrogen-bond donors (Lipinski definition) is 1. The molecule has 1 saturated carbocycles. The highest BCUT2D eigenvalue weighted by molar-refractivity contribution is 5.84. The van der Waals surface area contributed by atoms with Crippen LogP contribution in [0.3, 0.4) is 0 Å². The van der Waals surface area contributed by atoms with E-state index in [0.717, 1.165) is 64.2 Å². The van der Waals surface area contributed by atoms with E-state index < -0.39 is 6.10 Å². The Labute approximate surface area is 183 Å². The topological polar surface area (TPSA) is 80.7 Å². The molecular weight excluding hydrogens is 380 g/mol. The van der Waals surface area contributed by atoms with Crippen molar-refractivity contribution < 1.29 is 24.2 Å². The molecule has 1 aliphatic carbocycles. The summed E-state index contributed by atoms with van der Waals surface area (Å²) in [5.41, 5.74) is 0. The van der Waals surface area contributed by atoms with Crippen LogP contribution in [-0.2, 0) is 19.1 Å². The largest absolute Gasteiger partial charge is 0.463 e. The zero-order valence-electron chi connectivity index (χ0n) is 19.5. The normalized spacial score (nSPS) is 21.4. The van der Waals surface area contributed by atoms with Gasteiger partial charge in [-0.3, -0.25) is 14.4 Å². The standard InChI is InChI=1S/C25H44O5/c1-4-5-10-13-20(26)16-17-22-21(23(27)18-24(22)28)14-11-8-6-7-9-12-15-25(29)30-19(2)3/h19,21-22,24,28H,4-18H2,1-3H3/t21-,22-,24-/m1/s1. The lowest BCUT2D eigenvalue weighted by Gasteiger charge is -2.20. The van der Waals surface area contributed by atoms with Gasteiger partial charge in [-0.15, -0.1) is 0 Å². The van der Waals surface area contributed by atoms with Crippen molar-refractivity contribution in [2.24, 2.45) is 11.8 Å². The van der Waals surface area contributed by atoms with E-state index in [4.69, 9.17) is 4.74 Å². The van der Waals surface area contributed by atoms with Gasteiger partial charge in [-0.05, 0) is 45.4 Å². The summed E-state index contributed by atoms with van der Waals surface area (Å²) < 4.78 is 5.13. The van der Waals surface area contributed by atoms with Crippen LogP contribution in [0.1, 0.15) is 117 Å². The van der Waals surface area contributed by atoms with Gasteiger partial charge in [0, 0.05) is 31.6 Å². The van der Waals surface area contributed by atoms with Crippen LogP contribution in [0.4, 0.5) is 0 Å². The molecule has 0 aromatic heterocycles. The third-order valence-electron chi connectivity index (χ3n) is 6.16. The second-order valence-electron chi connectivity index (χ2n) is 9.24. The van der Waals surface area contributed by atoms with Crippen LogP contribution in [-0.4, -0.2) is 34.9 Å². The maximum atomic E-state index is 12.3. The molecule has 5 nitrogen and oxygen atoms in total. The van der Waals surface area contributed by atoms with Crippen LogP contribution >= 0.6 is 0 Å². The Hall–Kier alpha value is -1.23. The SMILES string of the molecule is CCCCCC(=O)CC[C@H]1[C@H](O)CC(=O)[C@@H]1CCCCCCCCC(=O)OC(C)C. The molecule has 0 aliphatic heterocycles. The van der Waals surface area contributed by atoms with E-state index in [1.54, 1.807) is 0 Å². The molecule has 0 amide bonds. The third kappa shape index (κ3) is 11.2. The maximum absolute atomic E-state index is 12.3. The van der Waals surface area contributed by atoms with Gasteiger partial charge in [0.25, 0.3) is 0 Å². The molecule has 0 spiro atoms. The number of carbonyl (C=O) groups excluding carboxylic acids is 3. The van der Waals surface area contributed by atoms with Gasteiger partial charge in [0.1, 0.15) is 11.6 Å². The number of hydrogen-bond acceptors (Lipinski definition) is 5. The zero-order valence-corrected chi connectivity index (χ0v) is 19.5. The van der Waals surface area contributed by atoms with E-state index >= 15 is 0 Å². The van der Waals surface area contributed by atoms with E-state index in [2.05, 4.69) is 6.92 Å². The van der Waals surface area contributed by atoms with E-state index in [0.29, 0.717) is 25.7 Å². The van der Waals surface area contributed by atoms with Crippen molar-refractivity contribution >= 4 is 17.5 Å². The minimum atomic E-state index is -0.573. The van der Waals surface area contributed by atoms with Gasteiger partial charge in [0.05, 0.1) is 12.2 Å². The van der Waals surface area contributed by atoms with Gasteiger partial charge in [-0.1, -0.05) is 51.9 Å². The lowest BCUT2D eigenvalue weighted by atomic mass is 9.85. The first kappa shape index (κ1) is 26.8. The molecule has 5 heteroatoms. The number of ketones is 2. The quantitative estimate of drug-likeness (QED) is 0.244. The molecule has 1 N–H and O–H groups in total. The molecule has 1 rings (SSSR count). The fraction of sp³-hybridized carbons (Fsp3) is 0.880. The fourth-order valence-electron chi connectivity index (χ4n) is 4.47. The van der Waals surface area contributed by atoms with Gasteiger partial charge in [0.2, 0.25) is 0 Å². The van der Waals surface area contributed by atoms with Crippen molar-refractivity contribution in [2.75, 3.05) is 0 Å². The van der Waals surface area contributed by atoms with Crippen LogP contribution in [0.2, 0.25) is 0 Å². The Morgan fingerprint density at radius 1 is 0.933 bits per heavy atom. The van der Waals surface area contributed by atoms with Crippen LogP contribution in [0.5, 0.6) is 0 Å². The van der Waals surface area contributed by atoms with Crippen molar-refractivity contribution in [3.8, 4) is 0 Å². The third-order valence-corrected chi connectivity index (χ3v) is 6.16. The van der Waals surface area contributed by atoms with E-state index in [1.165, 1.54) is 0 Å². The average Bonchev–Trinajstić information content (AvgIpc) is 2.94. The van der Waals surface area contributed by atoms with Gasteiger partial charge in [-0.2, -0.15) is 0 Å². The first-order valence-corrected chi connectivity index (χ1v) is 12.3. The molecule has 0 heterocycles. The second-order valence-corrected chi connectivity index (χ2v) is 9.24. The highest BCUT2D eigenvalue weighted by Gasteiger charge is 2.40. The zero-order chi connectivity index (χ0) is 22.4. The molecule has 0 radical (unpaired) electrons. The molecule has 30 heavy (non-hydrogen) atoms. The minimum Gasteiger partial charge on any atom is -0.463 e. The summed E-state index contributed by atoms with van der Waals surface area (Å²) in [5.74, 6) is 0.215. The Bertz CT molecular complexity index is 514. The molecule has 0 saturated heterocycles. The molecule has 1 aliphatic rings. The molecular formula is C25H44O5. The minimum absolute atomic E-state index is 0.0420. The van der Waals surface area contributed by atoms with Crippen LogP contribution in [0.25, 0.3) is 0 Å². The summed E-state index contributed by atoms with van der Waals surface area (Å²) >= 11 is 0. The van der Waals surface area contributed by atoms with E-state index in [1.807, 2.05) is 13.8 Å². The Kier molecular flexibility index (Phi) is 13.9. The molecule has 0 aromatic carbocycles. The highest BCUT2D eigenvalue weighted by Crippen LogP contribution is 2.36. The summed E-state index contributed by atoms with van der Waals surface area (Å²) in [6.45, 7) is 5.85. The van der Waals surface area contributed by atoms with Crippen LogP contribution in [0.15, 0.2) is 0 Å². The molecule has 1 fully saturated rings. The van der Waals surface area contributed by atoms with Crippen molar-refractivity contribution in [2.45, 2.75) is 129 Å². The Morgan fingerprint density at radius 2 is 1.57 bits per heavy atom. The first-order chi connectivity index (χ1) is 14.3. The smallest absolute Gasteiger partial charge is 0.306 e. The number of aliphatic hydroxyl groups excluding tert-OH is 1. The van der Waals surface area contributed by atoms with Gasteiger partial charge >= 0.3 is 5.97 Å². The predicted octanol–water partition coefficient (Wildman–Crippen LogP) is 5.55. The summed E-state index contributed by atoms with van der Waals surface area (Å²) in [4.78, 5) is 35.9. The summed E-state index contributed by atoms with van der Waals surface area (Å²) in [6.07, 6.45) is 12.0. The number of ether oxygens (including phenoxy) is 1. The molecule has 0 unspecified atom stereocenters. The van der Waals surface area contributed by atoms with Gasteiger partial charge in [-0.25, -0.2) is 0 Å². The van der Waals surface area contributed by atoms with Crippen molar-refractivity contribution in [1.82, 2.24) is 0 Å². The van der Waals surface area contributed by atoms with E-state index in [9.17, 15) is 19.5 Å². The average molecular weight is 425 g/mol. The summed E-state index contributed by atoms with van der Waals surface area (Å²) in [7, 11) is 0. The fourth-order valence-corrected chi connectivity index (χ4v) is 4.47. The summed E-state index contributed by atoms with van der Waals surface area (Å²) in [5, 5.41) is 10.3. The number of aliphatic hydroxyl groups is 1. The second kappa shape index (κ2) is 15.6. The lowest BCUT2D eigenvalue weighted by molar-refractivity contribution is -0.147. The maximum Gasteiger partial charge on any atom is 0.306 e. The monoisotopic (exact) mass is 424 g/mol. The summed E-state index contributed by atoms with van der Waals surface area (Å²) in [6, 6.07) is 0. The van der Waals surface area contributed by atoms with Crippen LogP contribution in [0, 0.1) is 11.8 Å². The molecule has 0 aromatic rings. The molecule has 0 bridgehead atoms. The van der Waals surface area contributed by atoms with Gasteiger partial charge < -0.3 is 9.84 Å². The number of Topliss-reactive ketones (excluding diaryl/α,β-unsaturated/α-hetero) is 2. The van der Waals surface area contributed by atoms with Crippen molar-refractivity contribution in [3.05, 3.63) is 0 Å². The number of carbonyl (C=O) groups is 3. The number of rotatable bonds is 17. The van der Waals surface area contributed by atoms with Crippen molar-refractivity contribution in [1.29, 1.82) is 0 Å². The number of unbranched alkanes of at least 4 members (excludes halogenated alkanes) is 7. The Balaban J connectivity index is 2.18. The lowest BCUT2D eigenvalue weighted by Crippen LogP contribution is -2.21. The van der Waals surface area contributed by atoms with Gasteiger partial charge in [0.15, 0.2) is 0 Å². The highest BCUT2D eigenvalue weighted by atomic mass is 16.5. The molecule has 3 atom stereocenters. The van der Waals surface area contributed by atoms with Crippen molar-refractivity contribution in [3.63, 3.8) is 0 Å².